The van der Waals surface area contributed by atoms with Crippen LogP contribution < -0.4 is 10.3 Å². The molecular weight excluding hydrogens is 258 g/mol. The van der Waals surface area contributed by atoms with Crippen LogP contribution in [0.25, 0.3) is 0 Å². The standard InChI is InChI=1S/C14H20N3OS/c1-9-6-10(2)16-14(15)12(9)7-17-8-19-13(4-5-18)11(17)3/h6,8,18H,4-5,7H2,1-3H3,(H2,15,16)/q+1. The molecule has 0 bridgehead atoms. The van der Waals surface area contributed by atoms with Gasteiger partial charge in [0.25, 0.3) is 0 Å². The lowest BCUT2D eigenvalue weighted by atomic mass is 10.1. The number of aryl methyl sites for hydroxylation is 2. The van der Waals surface area contributed by atoms with E-state index in [0.717, 1.165) is 17.8 Å². The van der Waals surface area contributed by atoms with Crippen molar-refractivity contribution in [1.82, 2.24) is 4.98 Å². The first-order valence-corrected chi connectivity index (χ1v) is 7.20. The molecule has 0 saturated heterocycles. The zero-order valence-electron chi connectivity index (χ0n) is 11.6. The molecule has 102 valence electrons. The third-order valence-corrected chi connectivity index (χ3v) is 4.48. The van der Waals surface area contributed by atoms with E-state index in [1.807, 2.05) is 6.92 Å². The summed E-state index contributed by atoms with van der Waals surface area (Å²) in [5.74, 6) is 0.610. The van der Waals surface area contributed by atoms with Gasteiger partial charge in [-0.15, -0.1) is 0 Å². The van der Waals surface area contributed by atoms with Crippen molar-refractivity contribution in [3.8, 4) is 0 Å². The Morgan fingerprint density at radius 1 is 1.37 bits per heavy atom. The van der Waals surface area contributed by atoms with Crippen LogP contribution >= 0.6 is 11.3 Å². The lowest BCUT2D eigenvalue weighted by Crippen LogP contribution is -2.36. The third-order valence-electron chi connectivity index (χ3n) is 3.33. The number of nitrogens with zero attached hydrogens (tertiary/aromatic N) is 2. The Hall–Kier alpha value is -1.46. The van der Waals surface area contributed by atoms with E-state index in [1.54, 1.807) is 11.3 Å². The first kappa shape index (κ1) is 14.0. The first-order chi connectivity index (χ1) is 9.02. The zero-order valence-corrected chi connectivity index (χ0v) is 12.4. The highest BCUT2D eigenvalue weighted by Gasteiger charge is 2.18. The van der Waals surface area contributed by atoms with Crippen molar-refractivity contribution < 1.29 is 9.67 Å². The van der Waals surface area contributed by atoms with E-state index in [1.165, 1.54) is 16.1 Å². The molecule has 0 spiro atoms. The molecule has 2 aromatic heterocycles. The summed E-state index contributed by atoms with van der Waals surface area (Å²) >= 11 is 1.68. The molecule has 2 heterocycles. The molecule has 5 heteroatoms. The van der Waals surface area contributed by atoms with Crippen LogP contribution in [-0.4, -0.2) is 16.7 Å². The minimum absolute atomic E-state index is 0.189. The maximum absolute atomic E-state index is 9.03. The number of hydrogen-bond donors (Lipinski definition) is 2. The molecule has 0 aliphatic rings. The normalized spacial score (nSPS) is 10.9. The maximum atomic E-state index is 9.03. The van der Waals surface area contributed by atoms with Gasteiger partial charge in [-0.1, -0.05) is 11.3 Å². The Bertz CT molecular complexity index is 569. The highest BCUT2D eigenvalue weighted by molar-refractivity contribution is 7.09. The minimum Gasteiger partial charge on any atom is -0.396 e. The Balaban J connectivity index is 2.31. The minimum atomic E-state index is 0.189. The van der Waals surface area contributed by atoms with E-state index in [9.17, 15) is 0 Å². The summed E-state index contributed by atoms with van der Waals surface area (Å²) in [6.45, 7) is 7.02. The van der Waals surface area contributed by atoms with E-state index in [0.29, 0.717) is 12.2 Å². The average molecular weight is 278 g/mol. The highest BCUT2D eigenvalue weighted by Crippen LogP contribution is 2.17. The second kappa shape index (κ2) is 5.67. The highest BCUT2D eigenvalue weighted by atomic mass is 32.1. The van der Waals surface area contributed by atoms with Crippen molar-refractivity contribution in [2.45, 2.75) is 33.7 Å². The quantitative estimate of drug-likeness (QED) is 0.834. The number of aromatic nitrogens is 2. The van der Waals surface area contributed by atoms with E-state index in [2.05, 4.69) is 35.0 Å². The van der Waals surface area contributed by atoms with Gasteiger partial charge in [-0.25, -0.2) is 4.98 Å². The number of aliphatic hydroxyl groups is 1. The van der Waals surface area contributed by atoms with Crippen LogP contribution in [0.1, 0.15) is 27.4 Å². The van der Waals surface area contributed by atoms with Gasteiger partial charge in [0, 0.05) is 25.6 Å². The third kappa shape index (κ3) is 2.93. The predicted molar refractivity (Wildman–Crippen MR) is 77.3 cm³/mol. The molecule has 2 rings (SSSR count). The second-order valence-corrected chi connectivity index (χ2v) is 5.72. The van der Waals surface area contributed by atoms with E-state index in [-0.39, 0.29) is 6.61 Å². The molecule has 0 atom stereocenters. The average Bonchev–Trinajstić information content (AvgIpc) is 2.66. The Morgan fingerprint density at radius 2 is 2.11 bits per heavy atom. The molecule has 0 aliphatic carbocycles. The number of thiazole rings is 1. The fourth-order valence-electron chi connectivity index (χ4n) is 2.22. The Kier molecular flexibility index (Phi) is 4.17. The number of hydrogen-bond acceptors (Lipinski definition) is 4. The molecule has 0 amide bonds. The molecule has 0 unspecified atom stereocenters. The van der Waals surface area contributed by atoms with Gasteiger partial charge in [-0.2, -0.15) is 4.57 Å². The number of anilines is 1. The number of nitrogen functional groups attached to an aromatic ring is 1. The number of pyridine rings is 1. The molecule has 4 nitrogen and oxygen atoms in total. The fourth-order valence-corrected chi connectivity index (χ4v) is 3.20. The largest absolute Gasteiger partial charge is 0.396 e. The second-order valence-electron chi connectivity index (χ2n) is 4.78. The molecule has 3 N–H and O–H groups in total. The Labute approximate surface area is 117 Å². The van der Waals surface area contributed by atoms with Crippen molar-refractivity contribution >= 4 is 17.2 Å². The SMILES string of the molecule is Cc1cc(C)c(C[n+]2csc(CCO)c2C)c(N)n1. The van der Waals surface area contributed by atoms with Crippen LogP contribution in [0.4, 0.5) is 5.82 Å². The van der Waals surface area contributed by atoms with E-state index >= 15 is 0 Å². The maximum Gasteiger partial charge on any atom is 0.225 e. The summed E-state index contributed by atoms with van der Waals surface area (Å²) in [5, 5.41) is 9.03. The van der Waals surface area contributed by atoms with Gasteiger partial charge in [0.1, 0.15) is 5.82 Å². The van der Waals surface area contributed by atoms with Crippen LogP contribution in [0.2, 0.25) is 0 Å². The van der Waals surface area contributed by atoms with Crippen LogP contribution in [-0.2, 0) is 13.0 Å². The molecular formula is C14H20N3OS+. The molecule has 0 saturated carbocycles. The summed E-state index contributed by atoms with van der Waals surface area (Å²) in [6, 6.07) is 2.06. The smallest absolute Gasteiger partial charge is 0.225 e. The predicted octanol–water partition coefficient (Wildman–Crippen LogP) is 1.52. The fraction of sp³-hybridized carbons (Fsp3) is 0.429. The van der Waals surface area contributed by atoms with Crippen LogP contribution in [0.15, 0.2) is 11.6 Å². The molecule has 19 heavy (non-hydrogen) atoms. The first-order valence-electron chi connectivity index (χ1n) is 6.32. The lowest BCUT2D eigenvalue weighted by molar-refractivity contribution is -0.689. The molecule has 0 fully saturated rings. The number of nitrogens with two attached hydrogens (primary N) is 1. The van der Waals surface area contributed by atoms with Crippen LogP contribution in [0.5, 0.6) is 0 Å². The zero-order chi connectivity index (χ0) is 14.0. The molecule has 2 aromatic rings. The van der Waals surface area contributed by atoms with Gasteiger partial charge in [-0.05, 0) is 25.5 Å². The van der Waals surface area contributed by atoms with Gasteiger partial charge in [-0.3, -0.25) is 0 Å². The van der Waals surface area contributed by atoms with Crippen molar-refractivity contribution in [2.24, 2.45) is 0 Å². The van der Waals surface area contributed by atoms with Gasteiger partial charge in [0.05, 0.1) is 10.4 Å². The summed E-state index contributed by atoms with van der Waals surface area (Å²) in [6.07, 6.45) is 0.712. The number of aliphatic hydroxyl groups excluding tert-OH is 1. The van der Waals surface area contributed by atoms with E-state index in [4.69, 9.17) is 10.8 Å². The van der Waals surface area contributed by atoms with Gasteiger partial charge >= 0.3 is 0 Å². The summed E-state index contributed by atoms with van der Waals surface area (Å²) in [4.78, 5) is 5.55. The summed E-state index contributed by atoms with van der Waals surface area (Å²) < 4.78 is 2.17. The molecule has 0 aliphatic heterocycles. The summed E-state index contributed by atoms with van der Waals surface area (Å²) in [5.41, 5.74) is 12.5. The monoisotopic (exact) mass is 278 g/mol. The topological polar surface area (TPSA) is 63.0 Å². The van der Waals surface area contributed by atoms with Crippen molar-refractivity contribution in [3.05, 3.63) is 39.0 Å². The van der Waals surface area contributed by atoms with Crippen molar-refractivity contribution in [3.63, 3.8) is 0 Å². The van der Waals surface area contributed by atoms with Crippen molar-refractivity contribution in [2.75, 3.05) is 12.3 Å². The van der Waals surface area contributed by atoms with Gasteiger partial charge in [0.2, 0.25) is 5.51 Å². The van der Waals surface area contributed by atoms with Crippen LogP contribution in [0, 0.1) is 20.8 Å². The molecule has 0 aromatic carbocycles. The molecule has 0 radical (unpaired) electrons. The lowest BCUT2D eigenvalue weighted by Gasteiger charge is -2.07. The van der Waals surface area contributed by atoms with Crippen molar-refractivity contribution in [1.29, 1.82) is 0 Å². The number of rotatable bonds is 4. The van der Waals surface area contributed by atoms with E-state index < -0.39 is 0 Å². The van der Waals surface area contributed by atoms with Gasteiger partial charge < -0.3 is 10.8 Å². The Morgan fingerprint density at radius 3 is 2.74 bits per heavy atom. The van der Waals surface area contributed by atoms with Crippen LogP contribution in [0.3, 0.4) is 0 Å². The summed E-state index contributed by atoms with van der Waals surface area (Å²) in [7, 11) is 0. The van der Waals surface area contributed by atoms with Gasteiger partial charge in [0.15, 0.2) is 12.2 Å².